The van der Waals surface area contributed by atoms with E-state index in [0.29, 0.717) is 17.1 Å². The van der Waals surface area contributed by atoms with E-state index in [1.165, 1.54) is 23.0 Å². The summed E-state index contributed by atoms with van der Waals surface area (Å²) in [5.41, 5.74) is 8.47. The van der Waals surface area contributed by atoms with Crippen molar-refractivity contribution in [3.63, 3.8) is 0 Å². The number of hydrogen-bond acceptors (Lipinski definition) is 14. The number of aromatic nitrogens is 4. The highest BCUT2D eigenvalue weighted by molar-refractivity contribution is 7.47. The first kappa shape index (κ1) is 33.4. The van der Waals surface area contributed by atoms with Gasteiger partial charge < -0.3 is 39.5 Å². The van der Waals surface area contributed by atoms with Crippen LogP contribution in [0.15, 0.2) is 74.9 Å². The van der Waals surface area contributed by atoms with E-state index in [2.05, 4.69) is 15.0 Å². The molecule has 0 bridgehead atoms. The molecule has 4 heterocycles. The predicted molar refractivity (Wildman–Crippen MR) is 177 cm³/mol. The van der Waals surface area contributed by atoms with Crippen LogP contribution in [-0.4, -0.2) is 73.4 Å². The third-order valence-electron chi connectivity index (χ3n) is 8.27. The predicted octanol–water partition coefficient (Wildman–Crippen LogP) is 2.69. The van der Waals surface area contributed by atoms with E-state index < -0.39 is 51.3 Å². The molecule has 0 spiro atoms. The summed E-state index contributed by atoms with van der Waals surface area (Å²) in [6, 6.07) is 15.2. The molecule has 2 aromatic heterocycles. The Morgan fingerprint density at radius 2 is 1.80 bits per heavy atom. The number of methoxy groups -OCH3 is 1. The molecule has 6 N–H and O–H groups in total. The fourth-order valence-electron chi connectivity index (χ4n) is 5.87. The number of H-pyrrole nitrogens is 1. The number of aliphatic hydroxyl groups excluding tert-OH is 2. The van der Waals surface area contributed by atoms with E-state index in [-0.39, 0.29) is 28.3 Å². The Hall–Kier alpha value is -5.13. The molecule has 0 radical (unpaired) electrons. The molecule has 2 aliphatic heterocycles. The number of imidazole rings is 1. The molecule has 1 unspecified atom stereocenters. The Morgan fingerprint density at radius 3 is 2.58 bits per heavy atom. The number of anilines is 1. The topological polar surface area (TPSA) is 244 Å². The molecule has 0 amide bonds. The first-order chi connectivity index (χ1) is 23.9. The number of ether oxygens (including phenoxy) is 3. The van der Waals surface area contributed by atoms with Crippen LogP contribution in [0.2, 0.25) is 0 Å². The third kappa shape index (κ3) is 6.23. The largest absolute Gasteiger partial charge is 0.497 e. The van der Waals surface area contributed by atoms with E-state index in [1.54, 1.807) is 31.4 Å². The van der Waals surface area contributed by atoms with Crippen LogP contribution < -0.4 is 26.2 Å². The summed E-state index contributed by atoms with van der Waals surface area (Å²) in [6.07, 6.45) is -4.49. The lowest BCUT2D eigenvalue weighted by atomic mass is 9.91. The standard InChI is InChI=1S/C32H30N5O12P/c1-15-9-17(44-2)4-7-19(15)25-20-6-3-16(38)10-22(20)48-23-11-18(5-8-21(23)25)45-14-47-50(42,43)46-12-24-27(39)28(40)31(49-24)37-13-34-26-29(37)35-32(33)36-30(26)41/h3-11,13,24,27-28,31,39-40H,12,14H2,1-2H3,(H,42,43)(H3,33,35,36,41)/t24-,27-,28-,31-/m1/s1. The van der Waals surface area contributed by atoms with Gasteiger partial charge in [-0.25, -0.2) is 14.1 Å². The van der Waals surface area contributed by atoms with Crippen molar-refractivity contribution in [1.82, 2.24) is 19.5 Å². The molecule has 7 rings (SSSR count). The van der Waals surface area contributed by atoms with Crippen molar-refractivity contribution in [2.24, 2.45) is 0 Å². The van der Waals surface area contributed by atoms with Gasteiger partial charge in [0, 0.05) is 28.6 Å². The number of fused-ring (bicyclic) bond motifs is 3. The van der Waals surface area contributed by atoms with Gasteiger partial charge in [0.15, 0.2) is 29.6 Å². The molecule has 17 nitrogen and oxygen atoms in total. The average Bonchev–Trinajstić information content (AvgIpc) is 3.62. The van der Waals surface area contributed by atoms with Gasteiger partial charge in [-0.2, -0.15) is 4.98 Å². The summed E-state index contributed by atoms with van der Waals surface area (Å²) < 4.78 is 46.6. The summed E-state index contributed by atoms with van der Waals surface area (Å²) in [6.45, 7) is 0.567. The number of phosphoric acid groups is 1. The number of nitrogens with two attached hydrogens (primary N) is 1. The summed E-state index contributed by atoms with van der Waals surface area (Å²) >= 11 is 0. The van der Waals surface area contributed by atoms with Gasteiger partial charge in [-0.3, -0.25) is 23.7 Å². The number of aliphatic hydroxyl groups is 2. The second-order valence-corrected chi connectivity index (χ2v) is 12.9. The van der Waals surface area contributed by atoms with Crippen molar-refractivity contribution in [2.45, 2.75) is 31.5 Å². The number of nitrogens with one attached hydrogen (secondary N) is 1. The molecular weight excluding hydrogens is 677 g/mol. The van der Waals surface area contributed by atoms with Crippen LogP contribution in [-0.2, 0) is 18.3 Å². The van der Waals surface area contributed by atoms with E-state index in [4.69, 9.17) is 33.4 Å². The Balaban J connectivity index is 1.04. The van der Waals surface area contributed by atoms with Crippen molar-refractivity contribution in [1.29, 1.82) is 0 Å². The maximum absolute atomic E-state index is 12.7. The van der Waals surface area contributed by atoms with Gasteiger partial charge in [0.1, 0.15) is 41.2 Å². The van der Waals surface area contributed by atoms with Gasteiger partial charge >= 0.3 is 7.82 Å². The van der Waals surface area contributed by atoms with Gasteiger partial charge in [-0.1, -0.05) is 6.07 Å². The fourth-order valence-corrected chi connectivity index (χ4v) is 6.46. The normalized spacial score (nSPS) is 20.4. The van der Waals surface area contributed by atoms with E-state index in [9.17, 15) is 29.3 Å². The summed E-state index contributed by atoms with van der Waals surface area (Å²) in [7, 11) is -3.18. The summed E-state index contributed by atoms with van der Waals surface area (Å²) in [4.78, 5) is 44.9. The zero-order chi connectivity index (χ0) is 35.3. The number of nitrogens with zero attached hydrogens (tertiary/aromatic N) is 3. The molecule has 1 aliphatic carbocycles. The zero-order valence-corrected chi connectivity index (χ0v) is 27.3. The minimum absolute atomic E-state index is 0.00529. The number of aryl methyl sites for hydroxylation is 1. The smallest absolute Gasteiger partial charge is 0.475 e. The van der Waals surface area contributed by atoms with Crippen LogP contribution in [0.1, 0.15) is 11.8 Å². The van der Waals surface area contributed by atoms with Crippen molar-refractivity contribution >= 4 is 35.9 Å². The number of nitrogen functional groups attached to an aromatic ring is 1. The Labute approximate surface area is 281 Å². The fraction of sp³-hybridized carbons (Fsp3) is 0.250. The lowest BCUT2D eigenvalue weighted by Crippen LogP contribution is -2.33. The summed E-state index contributed by atoms with van der Waals surface area (Å²) in [5.74, 6) is 1.08. The van der Waals surface area contributed by atoms with Gasteiger partial charge in [0.2, 0.25) is 5.95 Å². The van der Waals surface area contributed by atoms with E-state index in [0.717, 1.165) is 27.6 Å². The Morgan fingerprint density at radius 1 is 1.02 bits per heavy atom. The molecule has 260 valence electrons. The number of benzene rings is 3. The second kappa shape index (κ2) is 13.0. The molecule has 1 saturated heterocycles. The van der Waals surface area contributed by atoms with Crippen molar-refractivity contribution in [2.75, 3.05) is 26.2 Å². The van der Waals surface area contributed by atoms with Crippen molar-refractivity contribution in [3.8, 4) is 33.9 Å². The lowest BCUT2D eigenvalue weighted by Gasteiger charge is -2.18. The van der Waals surface area contributed by atoms with Crippen molar-refractivity contribution in [3.05, 3.63) is 87.1 Å². The van der Waals surface area contributed by atoms with Crippen LogP contribution in [0.5, 0.6) is 11.5 Å². The summed E-state index contributed by atoms with van der Waals surface area (Å²) in [5, 5.41) is 21.9. The highest BCUT2D eigenvalue weighted by atomic mass is 31.2. The van der Waals surface area contributed by atoms with Crippen molar-refractivity contribution < 1.29 is 47.3 Å². The molecule has 18 heteroatoms. The highest BCUT2D eigenvalue weighted by Gasteiger charge is 2.45. The number of phosphoric ester groups is 1. The quantitative estimate of drug-likeness (QED) is 0.0781. The molecule has 0 saturated carbocycles. The van der Waals surface area contributed by atoms with E-state index >= 15 is 0 Å². The molecule has 1 fully saturated rings. The van der Waals surface area contributed by atoms with Crippen LogP contribution in [0.25, 0.3) is 44.6 Å². The lowest BCUT2D eigenvalue weighted by molar-refractivity contribution is -0.0531. The molecule has 50 heavy (non-hydrogen) atoms. The van der Waals surface area contributed by atoms with Crippen LogP contribution in [0.4, 0.5) is 5.95 Å². The molecular formula is C32H30N5O12P. The first-order valence-electron chi connectivity index (χ1n) is 15.1. The highest BCUT2D eigenvalue weighted by Crippen LogP contribution is 2.45. The molecule has 4 aromatic rings. The van der Waals surface area contributed by atoms with Gasteiger partial charge in [0.05, 0.1) is 20.0 Å². The van der Waals surface area contributed by atoms with Gasteiger partial charge in [-0.15, -0.1) is 0 Å². The first-order valence-corrected chi connectivity index (χ1v) is 16.6. The number of hydrogen-bond donors (Lipinski definition) is 5. The Kier molecular flexibility index (Phi) is 8.65. The molecule has 5 atom stereocenters. The average molecular weight is 708 g/mol. The second-order valence-electron chi connectivity index (χ2n) is 11.5. The Bertz CT molecular complexity index is 2370. The maximum Gasteiger partial charge on any atom is 0.475 e. The SMILES string of the molecule is COc1ccc(-c2c3ccc(=O)cc-3oc3cc(OCOP(=O)(O)OC[C@H]4O[C@@H](n5cnc6c(=O)[nH]c(N)nc65)[C@H](O)[C@@H]4O)ccc23)c(C)c1. The minimum atomic E-state index is -4.77. The monoisotopic (exact) mass is 707 g/mol. The van der Waals surface area contributed by atoms with Crippen LogP contribution in [0, 0.1) is 6.92 Å². The third-order valence-corrected chi connectivity index (χ3v) is 9.18. The number of rotatable bonds is 10. The van der Waals surface area contributed by atoms with Gasteiger partial charge in [-0.05, 0) is 54.4 Å². The van der Waals surface area contributed by atoms with Crippen LogP contribution in [0.3, 0.4) is 0 Å². The molecule has 3 aliphatic rings. The van der Waals surface area contributed by atoms with E-state index in [1.807, 2.05) is 25.1 Å². The van der Waals surface area contributed by atoms with Crippen LogP contribution >= 0.6 is 7.82 Å². The van der Waals surface area contributed by atoms with Gasteiger partial charge in [0.25, 0.3) is 5.56 Å². The zero-order valence-electron chi connectivity index (χ0n) is 26.4. The minimum Gasteiger partial charge on any atom is -0.497 e. The maximum atomic E-state index is 12.7. The number of aromatic amines is 1. The molecule has 2 aromatic carbocycles.